The molecule has 4 aliphatic carbocycles. The third kappa shape index (κ3) is 3.25. The van der Waals surface area contributed by atoms with Crippen LogP contribution in [-0.4, -0.2) is 27.2 Å². The standard InChI is InChI=1S/C23H39NO2Si/c1-22-13-11-17(26-27(4,5)6)15-16(22)7-8-18-19-9-10-21(24-25-3)23(19,2)14-12-20(18)22/h7,17-20H,8-15H2,1-6H3/b24-21+. The van der Waals surface area contributed by atoms with Crippen LogP contribution in [0.25, 0.3) is 0 Å². The van der Waals surface area contributed by atoms with E-state index in [1.54, 1.807) is 12.7 Å². The van der Waals surface area contributed by atoms with Crippen LogP contribution >= 0.6 is 0 Å². The van der Waals surface area contributed by atoms with Crippen molar-refractivity contribution in [1.82, 2.24) is 0 Å². The van der Waals surface area contributed by atoms with Crippen molar-refractivity contribution >= 4 is 14.0 Å². The number of hydrogen-bond acceptors (Lipinski definition) is 3. The van der Waals surface area contributed by atoms with Crippen LogP contribution < -0.4 is 0 Å². The number of hydrogen-bond donors (Lipinski definition) is 0. The van der Waals surface area contributed by atoms with Crippen LogP contribution in [0.1, 0.15) is 65.2 Å². The highest BCUT2D eigenvalue weighted by atomic mass is 28.4. The van der Waals surface area contributed by atoms with E-state index >= 15 is 0 Å². The van der Waals surface area contributed by atoms with Gasteiger partial charge in [-0.3, -0.25) is 0 Å². The van der Waals surface area contributed by atoms with Gasteiger partial charge in [-0.25, -0.2) is 0 Å². The summed E-state index contributed by atoms with van der Waals surface area (Å²) in [5.74, 6) is 2.47. The molecule has 3 nitrogen and oxygen atoms in total. The predicted molar refractivity (Wildman–Crippen MR) is 114 cm³/mol. The summed E-state index contributed by atoms with van der Waals surface area (Å²) in [6.07, 6.45) is 13.2. The van der Waals surface area contributed by atoms with E-state index in [-0.39, 0.29) is 5.41 Å². The number of oxime groups is 1. The molecule has 0 radical (unpaired) electrons. The van der Waals surface area contributed by atoms with Crippen molar-refractivity contribution < 1.29 is 9.26 Å². The van der Waals surface area contributed by atoms with Crippen molar-refractivity contribution in [3.8, 4) is 0 Å². The van der Waals surface area contributed by atoms with Gasteiger partial charge < -0.3 is 9.26 Å². The molecule has 0 heterocycles. The summed E-state index contributed by atoms with van der Waals surface area (Å²) in [6.45, 7) is 12.0. The van der Waals surface area contributed by atoms with Gasteiger partial charge in [0.2, 0.25) is 0 Å². The third-order valence-electron chi connectivity index (χ3n) is 8.52. The zero-order valence-electron chi connectivity index (χ0n) is 18.3. The van der Waals surface area contributed by atoms with E-state index in [4.69, 9.17) is 9.26 Å². The van der Waals surface area contributed by atoms with Crippen LogP contribution in [0.4, 0.5) is 0 Å². The van der Waals surface area contributed by atoms with Gasteiger partial charge in [-0.15, -0.1) is 0 Å². The minimum atomic E-state index is -1.46. The lowest BCUT2D eigenvalue weighted by molar-refractivity contribution is -0.0194. The van der Waals surface area contributed by atoms with Crippen LogP contribution in [0.2, 0.25) is 19.6 Å². The highest BCUT2D eigenvalue weighted by Crippen LogP contribution is 2.64. The summed E-state index contributed by atoms with van der Waals surface area (Å²) in [6, 6.07) is 0. The van der Waals surface area contributed by atoms with Gasteiger partial charge in [0, 0.05) is 11.5 Å². The van der Waals surface area contributed by atoms with E-state index in [1.807, 2.05) is 0 Å². The molecule has 0 amide bonds. The summed E-state index contributed by atoms with van der Waals surface area (Å²) in [5, 5.41) is 4.45. The van der Waals surface area contributed by atoms with Gasteiger partial charge in [-0.05, 0) is 94.2 Å². The second-order valence-corrected chi connectivity index (χ2v) is 15.5. The first-order chi connectivity index (χ1) is 12.7. The SMILES string of the molecule is CO/N=C1\CCC2C3CC=C4CC(O[Si](C)(C)C)CCC4(C)C3CCC12C. The topological polar surface area (TPSA) is 30.8 Å². The lowest BCUT2D eigenvalue weighted by Gasteiger charge is -2.57. The molecule has 6 unspecified atom stereocenters. The normalized spacial score (nSPS) is 45.7. The lowest BCUT2D eigenvalue weighted by Crippen LogP contribution is -2.51. The number of allylic oxidation sites excluding steroid dienone is 1. The highest BCUT2D eigenvalue weighted by molar-refractivity contribution is 6.69. The van der Waals surface area contributed by atoms with E-state index in [0.29, 0.717) is 11.5 Å². The molecule has 0 saturated heterocycles. The Hall–Kier alpha value is -0.613. The van der Waals surface area contributed by atoms with Gasteiger partial charge in [0.05, 0.1) is 5.71 Å². The van der Waals surface area contributed by atoms with Gasteiger partial charge in [0.1, 0.15) is 7.11 Å². The minimum absolute atomic E-state index is 0.275. The van der Waals surface area contributed by atoms with E-state index in [0.717, 1.165) is 24.2 Å². The molecule has 27 heavy (non-hydrogen) atoms. The van der Waals surface area contributed by atoms with Crippen LogP contribution in [0.15, 0.2) is 16.8 Å². The molecule has 3 saturated carbocycles. The van der Waals surface area contributed by atoms with Crippen LogP contribution in [0.3, 0.4) is 0 Å². The fourth-order valence-corrected chi connectivity index (χ4v) is 8.48. The molecule has 0 bridgehead atoms. The minimum Gasteiger partial charge on any atom is -0.414 e. The summed E-state index contributed by atoms with van der Waals surface area (Å²) in [4.78, 5) is 5.20. The van der Waals surface area contributed by atoms with Crippen molar-refractivity contribution in [2.24, 2.45) is 33.7 Å². The fourth-order valence-electron chi connectivity index (χ4n) is 7.28. The average molecular weight is 390 g/mol. The first kappa shape index (κ1) is 19.7. The second kappa shape index (κ2) is 6.72. The Morgan fingerprint density at radius 3 is 2.44 bits per heavy atom. The van der Waals surface area contributed by atoms with Gasteiger partial charge in [-0.2, -0.15) is 0 Å². The van der Waals surface area contributed by atoms with E-state index in [1.165, 1.54) is 50.7 Å². The summed E-state index contributed by atoms with van der Waals surface area (Å²) >= 11 is 0. The van der Waals surface area contributed by atoms with E-state index < -0.39 is 8.32 Å². The third-order valence-corrected chi connectivity index (χ3v) is 9.56. The maximum atomic E-state index is 6.50. The van der Waals surface area contributed by atoms with Gasteiger partial charge in [-0.1, -0.05) is 30.7 Å². The fraction of sp³-hybridized carbons (Fsp3) is 0.870. The van der Waals surface area contributed by atoms with Crippen molar-refractivity contribution in [3.63, 3.8) is 0 Å². The average Bonchev–Trinajstić information content (AvgIpc) is 2.91. The molecule has 0 aromatic carbocycles. The number of nitrogens with zero attached hydrogens (tertiary/aromatic N) is 1. The molecule has 4 rings (SSSR count). The number of fused-ring (bicyclic) bond motifs is 5. The van der Waals surface area contributed by atoms with Crippen molar-refractivity contribution in [1.29, 1.82) is 0 Å². The molecule has 4 heteroatoms. The monoisotopic (exact) mass is 389 g/mol. The Kier molecular flexibility index (Phi) is 4.90. The molecule has 0 N–H and O–H groups in total. The highest BCUT2D eigenvalue weighted by Gasteiger charge is 2.58. The van der Waals surface area contributed by atoms with E-state index in [2.05, 4.69) is 44.7 Å². The zero-order chi connectivity index (χ0) is 19.4. The van der Waals surface area contributed by atoms with Crippen LogP contribution in [0.5, 0.6) is 0 Å². The van der Waals surface area contributed by atoms with Crippen molar-refractivity contribution in [3.05, 3.63) is 11.6 Å². The largest absolute Gasteiger partial charge is 0.414 e. The summed E-state index contributed by atoms with van der Waals surface area (Å²) in [7, 11) is 0.246. The smallest absolute Gasteiger partial charge is 0.184 e. The Morgan fingerprint density at radius 1 is 1.04 bits per heavy atom. The maximum absolute atomic E-state index is 6.50. The molecular formula is C23H39NO2Si. The first-order valence-corrected chi connectivity index (χ1v) is 14.6. The molecule has 0 aromatic heterocycles. The lowest BCUT2D eigenvalue weighted by atomic mass is 9.48. The Morgan fingerprint density at radius 2 is 1.74 bits per heavy atom. The van der Waals surface area contributed by atoms with Crippen LogP contribution in [0, 0.1) is 28.6 Å². The molecular weight excluding hydrogens is 350 g/mol. The summed E-state index contributed by atoms with van der Waals surface area (Å²) in [5.41, 5.74) is 3.74. The van der Waals surface area contributed by atoms with Crippen LogP contribution in [-0.2, 0) is 9.26 Å². The number of rotatable bonds is 3. The maximum Gasteiger partial charge on any atom is 0.184 e. The summed E-state index contributed by atoms with van der Waals surface area (Å²) < 4.78 is 6.50. The van der Waals surface area contributed by atoms with Gasteiger partial charge >= 0.3 is 0 Å². The van der Waals surface area contributed by atoms with Crippen molar-refractivity contribution in [2.45, 2.75) is 91.0 Å². The molecule has 4 aliphatic rings. The predicted octanol–water partition coefficient (Wildman–Crippen LogP) is 6.17. The van der Waals surface area contributed by atoms with E-state index in [9.17, 15) is 0 Å². The van der Waals surface area contributed by atoms with Crippen molar-refractivity contribution in [2.75, 3.05) is 7.11 Å². The molecule has 6 atom stereocenters. The quantitative estimate of drug-likeness (QED) is 0.328. The second-order valence-electron chi connectivity index (χ2n) is 11.1. The Balaban J connectivity index is 1.57. The molecule has 0 aliphatic heterocycles. The molecule has 152 valence electrons. The molecule has 0 aromatic rings. The molecule has 0 spiro atoms. The Bertz CT molecular complexity index is 651. The van der Waals surface area contributed by atoms with Gasteiger partial charge in [0.25, 0.3) is 0 Å². The van der Waals surface area contributed by atoms with Gasteiger partial charge in [0.15, 0.2) is 8.32 Å². The molecule has 3 fully saturated rings. The first-order valence-electron chi connectivity index (χ1n) is 11.2. The Labute approximate surface area is 167 Å². The zero-order valence-corrected chi connectivity index (χ0v) is 19.3.